The number of amides is 2. The highest BCUT2D eigenvalue weighted by Gasteiger charge is 2.26. The zero-order valence-corrected chi connectivity index (χ0v) is 16.2. The van der Waals surface area contributed by atoms with Crippen LogP contribution in [0.5, 0.6) is 0 Å². The first-order chi connectivity index (χ1) is 11.6. The lowest BCUT2D eigenvalue weighted by Crippen LogP contribution is -2.53. The van der Waals surface area contributed by atoms with Crippen molar-refractivity contribution in [1.82, 2.24) is 15.1 Å². The summed E-state index contributed by atoms with van der Waals surface area (Å²) in [6, 6.07) is 0.176. The van der Waals surface area contributed by atoms with Gasteiger partial charge in [0.1, 0.15) is 5.60 Å². The molecule has 0 radical (unpaired) electrons. The molecule has 1 saturated heterocycles. The lowest BCUT2D eigenvalue weighted by Gasteiger charge is -2.36. The zero-order valence-electron chi connectivity index (χ0n) is 16.2. The number of carbonyl (C=O) groups excluding carboxylic acids is 2. The molecule has 1 heterocycles. The first-order valence-corrected chi connectivity index (χ1v) is 8.94. The van der Waals surface area contributed by atoms with Gasteiger partial charge >= 0.3 is 6.09 Å². The number of hydrogen-bond acceptors (Lipinski definition) is 4. The third kappa shape index (κ3) is 8.09. The normalized spacial score (nSPS) is 17.2. The minimum Gasteiger partial charge on any atom is -0.444 e. The summed E-state index contributed by atoms with van der Waals surface area (Å²) in [5.74, 6) is 0.404. The van der Waals surface area contributed by atoms with Crippen molar-refractivity contribution < 1.29 is 14.3 Å². The average Bonchev–Trinajstić information content (AvgIpc) is 2.53. The van der Waals surface area contributed by atoms with Crippen LogP contribution in [0.3, 0.4) is 0 Å². The van der Waals surface area contributed by atoms with Gasteiger partial charge in [0.05, 0.1) is 6.54 Å². The SMILES string of the molecule is CCC(C)NC(=O)CCN=C(N)N1CCN(C(=O)OC(C)(C)C)CC1. The smallest absolute Gasteiger partial charge is 0.410 e. The number of nitrogens with one attached hydrogen (secondary N) is 1. The summed E-state index contributed by atoms with van der Waals surface area (Å²) >= 11 is 0. The van der Waals surface area contributed by atoms with Crippen molar-refractivity contribution in [3.05, 3.63) is 0 Å². The third-order valence-corrected chi connectivity index (χ3v) is 3.89. The number of piperazine rings is 1. The summed E-state index contributed by atoms with van der Waals surface area (Å²) in [6.45, 7) is 12.2. The molecule has 1 unspecified atom stereocenters. The highest BCUT2D eigenvalue weighted by Crippen LogP contribution is 2.11. The molecule has 1 fully saturated rings. The Bertz CT molecular complexity index is 479. The van der Waals surface area contributed by atoms with E-state index in [1.807, 2.05) is 39.5 Å². The first-order valence-electron chi connectivity index (χ1n) is 8.94. The van der Waals surface area contributed by atoms with Gasteiger partial charge in [0.15, 0.2) is 5.96 Å². The largest absolute Gasteiger partial charge is 0.444 e. The molecule has 0 aromatic rings. The number of nitrogens with two attached hydrogens (primary N) is 1. The maximum atomic E-state index is 12.0. The lowest BCUT2D eigenvalue weighted by atomic mass is 10.2. The van der Waals surface area contributed by atoms with Crippen LogP contribution in [0.2, 0.25) is 0 Å². The highest BCUT2D eigenvalue weighted by atomic mass is 16.6. The number of rotatable bonds is 5. The topological polar surface area (TPSA) is 100 Å². The maximum Gasteiger partial charge on any atom is 0.410 e. The molecule has 2 amide bonds. The van der Waals surface area contributed by atoms with Crippen LogP contribution in [0.4, 0.5) is 4.79 Å². The molecule has 0 spiro atoms. The van der Waals surface area contributed by atoms with Crippen molar-refractivity contribution in [2.45, 2.75) is 59.1 Å². The number of aliphatic imine (C=N–C) groups is 1. The minimum atomic E-state index is -0.495. The fourth-order valence-corrected chi connectivity index (χ4v) is 2.27. The standard InChI is InChI=1S/C17H33N5O3/c1-6-13(2)20-14(23)7-8-19-15(18)21-9-11-22(12-10-21)16(24)25-17(3,4)5/h13H,6-12H2,1-5H3,(H2,18,19)(H,20,23). The molecular formula is C17H33N5O3. The summed E-state index contributed by atoms with van der Waals surface area (Å²) in [6.07, 6.45) is 0.923. The van der Waals surface area contributed by atoms with Crippen LogP contribution >= 0.6 is 0 Å². The van der Waals surface area contributed by atoms with Gasteiger partial charge in [-0.1, -0.05) is 6.92 Å². The summed E-state index contributed by atoms with van der Waals surface area (Å²) in [5, 5.41) is 2.90. The Labute approximate surface area is 150 Å². The van der Waals surface area contributed by atoms with E-state index in [9.17, 15) is 9.59 Å². The zero-order chi connectivity index (χ0) is 19.0. The van der Waals surface area contributed by atoms with Crippen LogP contribution in [0.1, 0.15) is 47.5 Å². The Morgan fingerprint density at radius 2 is 1.76 bits per heavy atom. The van der Waals surface area contributed by atoms with Gasteiger partial charge in [-0.05, 0) is 34.1 Å². The molecule has 0 aliphatic carbocycles. The fourth-order valence-electron chi connectivity index (χ4n) is 2.27. The molecule has 25 heavy (non-hydrogen) atoms. The van der Waals surface area contributed by atoms with Gasteiger partial charge in [0, 0.05) is 38.6 Å². The van der Waals surface area contributed by atoms with E-state index >= 15 is 0 Å². The Morgan fingerprint density at radius 1 is 1.20 bits per heavy atom. The van der Waals surface area contributed by atoms with Crippen LogP contribution in [-0.4, -0.2) is 72.1 Å². The molecule has 1 aliphatic heterocycles. The van der Waals surface area contributed by atoms with Crippen molar-refractivity contribution in [2.75, 3.05) is 32.7 Å². The Balaban J connectivity index is 2.36. The second-order valence-corrected chi connectivity index (χ2v) is 7.32. The van der Waals surface area contributed by atoms with Crippen molar-refractivity contribution in [3.63, 3.8) is 0 Å². The molecule has 1 rings (SSSR count). The molecule has 0 aromatic carbocycles. The van der Waals surface area contributed by atoms with Gasteiger partial charge < -0.3 is 25.6 Å². The number of nitrogens with zero attached hydrogens (tertiary/aromatic N) is 3. The van der Waals surface area contributed by atoms with Gasteiger partial charge in [-0.3, -0.25) is 9.79 Å². The number of carbonyl (C=O) groups is 2. The van der Waals surface area contributed by atoms with E-state index in [2.05, 4.69) is 10.3 Å². The van der Waals surface area contributed by atoms with Crippen molar-refractivity contribution in [2.24, 2.45) is 10.7 Å². The molecule has 0 bridgehead atoms. The summed E-state index contributed by atoms with van der Waals surface area (Å²) < 4.78 is 5.37. The second-order valence-electron chi connectivity index (χ2n) is 7.32. The van der Waals surface area contributed by atoms with Gasteiger partial charge in [-0.15, -0.1) is 0 Å². The fraction of sp³-hybridized carbons (Fsp3) is 0.824. The molecule has 3 N–H and O–H groups in total. The first kappa shape index (κ1) is 21.1. The summed E-state index contributed by atoms with van der Waals surface area (Å²) in [5.41, 5.74) is 5.50. The monoisotopic (exact) mass is 355 g/mol. The summed E-state index contributed by atoms with van der Waals surface area (Å²) in [4.78, 5) is 31.6. The predicted octanol–water partition coefficient (Wildman–Crippen LogP) is 1.16. The Hall–Kier alpha value is -1.99. The van der Waals surface area contributed by atoms with Crippen LogP contribution < -0.4 is 11.1 Å². The minimum absolute atomic E-state index is 0.0133. The maximum absolute atomic E-state index is 12.0. The van der Waals surface area contributed by atoms with Gasteiger partial charge in [-0.25, -0.2) is 4.79 Å². The van der Waals surface area contributed by atoms with E-state index in [-0.39, 0.29) is 18.0 Å². The third-order valence-electron chi connectivity index (χ3n) is 3.89. The quantitative estimate of drug-likeness (QED) is 0.569. The van der Waals surface area contributed by atoms with Crippen LogP contribution in [0.15, 0.2) is 4.99 Å². The van der Waals surface area contributed by atoms with E-state index < -0.39 is 5.60 Å². The molecule has 8 nitrogen and oxygen atoms in total. The average molecular weight is 355 g/mol. The van der Waals surface area contributed by atoms with Crippen molar-refractivity contribution in [3.8, 4) is 0 Å². The van der Waals surface area contributed by atoms with Crippen LogP contribution in [0, 0.1) is 0 Å². The van der Waals surface area contributed by atoms with E-state index in [1.165, 1.54) is 0 Å². The molecule has 1 atom stereocenters. The number of guanidine groups is 1. The van der Waals surface area contributed by atoms with E-state index in [0.717, 1.165) is 6.42 Å². The second kappa shape index (κ2) is 9.48. The van der Waals surface area contributed by atoms with Gasteiger partial charge in [0.25, 0.3) is 0 Å². The van der Waals surface area contributed by atoms with Crippen molar-refractivity contribution in [1.29, 1.82) is 0 Å². The van der Waals surface area contributed by atoms with Crippen LogP contribution in [0.25, 0.3) is 0 Å². The lowest BCUT2D eigenvalue weighted by molar-refractivity contribution is -0.121. The van der Waals surface area contributed by atoms with Gasteiger partial charge in [0.2, 0.25) is 5.91 Å². The van der Waals surface area contributed by atoms with E-state index in [1.54, 1.807) is 4.90 Å². The van der Waals surface area contributed by atoms with E-state index in [4.69, 9.17) is 10.5 Å². The molecule has 144 valence electrons. The highest BCUT2D eigenvalue weighted by molar-refractivity contribution is 5.80. The molecule has 8 heteroatoms. The van der Waals surface area contributed by atoms with E-state index in [0.29, 0.717) is 45.1 Å². The molecule has 1 aliphatic rings. The Morgan fingerprint density at radius 3 is 2.28 bits per heavy atom. The molecular weight excluding hydrogens is 322 g/mol. The number of ether oxygens (including phenoxy) is 1. The molecule has 0 saturated carbocycles. The molecule has 0 aromatic heterocycles. The predicted molar refractivity (Wildman–Crippen MR) is 98.4 cm³/mol. The van der Waals surface area contributed by atoms with Crippen molar-refractivity contribution >= 4 is 18.0 Å². The Kier molecular flexibility index (Phi) is 7.99. The summed E-state index contributed by atoms with van der Waals surface area (Å²) in [7, 11) is 0. The number of hydrogen-bond donors (Lipinski definition) is 2. The van der Waals surface area contributed by atoms with Gasteiger partial charge in [-0.2, -0.15) is 0 Å². The van der Waals surface area contributed by atoms with Crippen LogP contribution in [-0.2, 0) is 9.53 Å².